The molecule has 1 aliphatic rings. The van der Waals surface area contributed by atoms with E-state index in [0.29, 0.717) is 12.3 Å². The molecule has 0 aromatic rings. The first-order valence-electron chi connectivity index (χ1n) is 3.65. The van der Waals surface area contributed by atoms with Gasteiger partial charge in [-0.15, -0.1) is 0 Å². The Hall–Kier alpha value is -0.680. The van der Waals surface area contributed by atoms with E-state index in [1.807, 2.05) is 6.92 Å². The number of rotatable bonds is 3. The molecule has 0 amide bonds. The lowest BCUT2D eigenvalue weighted by atomic mass is 10.5. The van der Waals surface area contributed by atoms with Crippen LogP contribution in [0.4, 0.5) is 0 Å². The van der Waals surface area contributed by atoms with E-state index in [0.717, 1.165) is 5.41 Å². The molecule has 4 nitrogen and oxygen atoms in total. The van der Waals surface area contributed by atoms with E-state index in [1.54, 1.807) is 0 Å². The Labute approximate surface area is 71.9 Å². The number of hydrogen-bond donors (Lipinski definition) is 0. The maximum absolute atomic E-state index is 11.1. The van der Waals surface area contributed by atoms with E-state index in [9.17, 15) is 8.42 Å². The van der Waals surface area contributed by atoms with Crippen LogP contribution in [0.1, 0.15) is 13.8 Å². The number of nitrogens with zero attached hydrogens (tertiary/aromatic N) is 1. The van der Waals surface area contributed by atoms with E-state index in [1.165, 1.54) is 6.92 Å². The molecule has 0 radical (unpaired) electrons. The highest BCUT2D eigenvalue weighted by atomic mass is 32.2. The zero-order valence-corrected chi connectivity index (χ0v) is 7.89. The van der Waals surface area contributed by atoms with Crippen LogP contribution in [0.15, 0.2) is 16.1 Å². The second-order valence-corrected chi connectivity index (χ2v) is 4.34. The molecule has 0 aromatic carbocycles. The highest BCUT2D eigenvalue weighted by Gasteiger charge is 2.20. The second-order valence-electron chi connectivity index (χ2n) is 2.42. The number of sulfone groups is 1. The first kappa shape index (κ1) is 9.41. The van der Waals surface area contributed by atoms with Crippen molar-refractivity contribution in [2.45, 2.75) is 13.8 Å². The molecule has 0 bridgehead atoms. The summed E-state index contributed by atoms with van der Waals surface area (Å²) in [6.45, 7) is 4.16. The lowest BCUT2D eigenvalue weighted by Crippen LogP contribution is -2.01. The van der Waals surface area contributed by atoms with Crippen molar-refractivity contribution in [1.29, 1.82) is 0 Å². The lowest BCUT2D eigenvalue weighted by Gasteiger charge is -1.95. The summed E-state index contributed by atoms with van der Waals surface area (Å²) in [7, 11) is -3.20. The molecule has 12 heavy (non-hydrogen) atoms. The molecule has 0 aromatic heterocycles. The number of hydrogen-bond acceptors (Lipinski definition) is 4. The first-order chi connectivity index (χ1) is 5.56. The monoisotopic (exact) mass is 189 g/mol. The smallest absolute Gasteiger partial charge is 0.214 e. The highest BCUT2D eigenvalue weighted by Crippen LogP contribution is 2.14. The summed E-state index contributed by atoms with van der Waals surface area (Å²) in [6, 6.07) is 0. The van der Waals surface area contributed by atoms with Crippen LogP contribution >= 0.6 is 0 Å². The lowest BCUT2D eigenvalue weighted by molar-refractivity contribution is 0.170. The average molecular weight is 189 g/mol. The van der Waals surface area contributed by atoms with Crippen LogP contribution in [0.5, 0.6) is 0 Å². The van der Waals surface area contributed by atoms with E-state index in [-0.39, 0.29) is 11.7 Å². The minimum atomic E-state index is -3.20. The van der Waals surface area contributed by atoms with Gasteiger partial charge in [-0.1, -0.05) is 0 Å². The number of aliphatic imine (C=N–C) groups is 1. The molecule has 1 aliphatic heterocycles. The van der Waals surface area contributed by atoms with Crippen LogP contribution in [-0.2, 0) is 14.6 Å². The topological polar surface area (TPSA) is 55.7 Å². The Bertz CT molecular complexity index is 327. The van der Waals surface area contributed by atoms with Gasteiger partial charge in [-0.3, -0.25) is 0 Å². The SMILES string of the molecule is CCOCC1=CS(=O)(=O)C(C)=N1. The third-order valence-corrected chi connectivity index (χ3v) is 2.96. The third-order valence-electron chi connectivity index (χ3n) is 1.46. The molecular formula is C7H11NO3S. The maximum atomic E-state index is 11.1. The summed E-state index contributed by atoms with van der Waals surface area (Å²) < 4.78 is 27.2. The van der Waals surface area contributed by atoms with Crippen molar-refractivity contribution in [3.63, 3.8) is 0 Å². The summed E-state index contributed by atoms with van der Waals surface area (Å²) in [5, 5.41) is 1.30. The zero-order chi connectivity index (χ0) is 9.19. The van der Waals surface area contributed by atoms with Crippen LogP contribution in [-0.4, -0.2) is 26.7 Å². The molecule has 0 saturated heterocycles. The fourth-order valence-electron chi connectivity index (χ4n) is 0.830. The standard InChI is InChI=1S/C7H11NO3S/c1-3-11-4-7-5-12(9,10)6(2)8-7/h5H,3-4H2,1-2H3. The molecule has 0 atom stereocenters. The molecule has 0 aliphatic carbocycles. The van der Waals surface area contributed by atoms with Crippen LogP contribution in [0.25, 0.3) is 0 Å². The molecule has 0 fully saturated rings. The molecule has 0 spiro atoms. The maximum Gasteiger partial charge on any atom is 0.214 e. The van der Waals surface area contributed by atoms with Crippen molar-refractivity contribution < 1.29 is 13.2 Å². The van der Waals surface area contributed by atoms with Crippen molar-refractivity contribution >= 4 is 14.9 Å². The van der Waals surface area contributed by atoms with Gasteiger partial charge in [0.2, 0.25) is 9.84 Å². The van der Waals surface area contributed by atoms with Crippen LogP contribution in [0.3, 0.4) is 0 Å². The Morgan fingerprint density at radius 2 is 2.25 bits per heavy atom. The molecule has 1 heterocycles. The number of ether oxygens (including phenoxy) is 1. The quantitative estimate of drug-likeness (QED) is 0.657. The third kappa shape index (κ3) is 1.92. The molecule has 1 rings (SSSR count). The summed E-state index contributed by atoms with van der Waals surface area (Å²) >= 11 is 0. The predicted octanol–water partition coefficient (Wildman–Crippen LogP) is 0.711. The molecule has 0 saturated carbocycles. The van der Waals surface area contributed by atoms with Crippen molar-refractivity contribution in [1.82, 2.24) is 0 Å². The summed E-state index contributed by atoms with van der Waals surface area (Å²) in [5.41, 5.74) is 0.481. The van der Waals surface area contributed by atoms with Crippen molar-refractivity contribution in [2.75, 3.05) is 13.2 Å². The van der Waals surface area contributed by atoms with Crippen molar-refractivity contribution in [2.24, 2.45) is 4.99 Å². The van der Waals surface area contributed by atoms with E-state index >= 15 is 0 Å². The summed E-state index contributed by atoms with van der Waals surface area (Å²) in [5.74, 6) is 0. The fraction of sp³-hybridized carbons (Fsp3) is 0.571. The van der Waals surface area contributed by atoms with Gasteiger partial charge < -0.3 is 4.74 Å². The Morgan fingerprint density at radius 3 is 2.67 bits per heavy atom. The Kier molecular flexibility index (Phi) is 2.64. The summed E-state index contributed by atoms with van der Waals surface area (Å²) in [4.78, 5) is 3.84. The minimum absolute atomic E-state index is 0.150. The van der Waals surface area contributed by atoms with Gasteiger partial charge in [0.1, 0.15) is 5.04 Å². The minimum Gasteiger partial charge on any atom is -0.375 e. The van der Waals surface area contributed by atoms with Crippen molar-refractivity contribution in [3.8, 4) is 0 Å². The largest absolute Gasteiger partial charge is 0.375 e. The van der Waals surface area contributed by atoms with Crippen LogP contribution < -0.4 is 0 Å². The molecule has 5 heteroatoms. The Balaban J connectivity index is 2.73. The molecule has 68 valence electrons. The first-order valence-corrected chi connectivity index (χ1v) is 5.19. The molecular weight excluding hydrogens is 178 g/mol. The average Bonchev–Trinajstić information content (AvgIpc) is 2.22. The van der Waals surface area contributed by atoms with Crippen molar-refractivity contribution in [3.05, 3.63) is 11.1 Å². The van der Waals surface area contributed by atoms with Gasteiger partial charge in [0.15, 0.2) is 0 Å². The highest BCUT2D eigenvalue weighted by molar-refractivity contribution is 8.09. The van der Waals surface area contributed by atoms with E-state index in [2.05, 4.69) is 4.99 Å². The predicted molar refractivity (Wildman–Crippen MR) is 46.6 cm³/mol. The van der Waals surface area contributed by atoms with Gasteiger partial charge in [0.25, 0.3) is 0 Å². The normalized spacial score (nSPS) is 20.5. The fourth-order valence-corrected chi connectivity index (χ4v) is 1.72. The van der Waals surface area contributed by atoms with Gasteiger partial charge in [-0.25, -0.2) is 13.4 Å². The van der Waals surface area contributed by atoms with Gasteiger partial charge in [-0.05, 0) is 13.8 Å². The van der Waals surface area contributed by atoms with E-state index < -0.39 is 9.84 Å². The van der Waals surface area contributed by atoms with Gasteiger partial charge >= 0.3 is 0 Å². The molecule has 0 unspecified atom stereocenters. The zero-order valence-electron chi connectivity index (χ0n) is 7.07. The van der Waals surface area contributed by atoms with Gasteiger partial charge in [0, 0.05) is 6.61 Å². The second kappa shape index (κ2) is 3.37. The molecule has 0 N–H and O–H groups in total. The Morgan fingerprint density at radius 1 is 1.58 bits per heavy atom. The van der Waals surface area contributed by atoms with Gasteiger partial charge in [0.05, 0.1) is 17.7 Å². The van der Waals surface area contributed by atoms with Gasteiger partial charge in [-0.2, -0.15) is 0 Å². The van der Waals surface area contributed by atoms with Crippen LogP contribution in [0.2, 0.25) is 0 Å². The van der Waals surface area contributed by atoms with Crippen LogP contribution in [0, 0.1) is 0 Å². The van der Waals surface area contributed by atoms with E-state index in [4.69, 9.17) is 4.74 Å². The summed E-state index contributed by atoms with van der Waals surface area (Å²) in [6.07, 6.45) is 0.